The van der Waals surface area contributed by atoms with Crippen LogP contribution in [0.2, 0.25) is 10.0 Å². The Morgan fingerprint density at radius 3 is 1.92 bits per heavy atom. The van der Waals surface area contributed by atoms with Gasteiger partial charge >= 0.3 is 0 Å². The Hall–Kier alpha value is -1.65. The van der Waals surface area contributed by atoms with E-state index in [2.05, 4.69) is 12.2 Å². The smallest absolute Gasteiger partial charge is 0.286 e. The Labute approximate surface area is 228 Å². The first-order valence-corrected chi connectivity index (χ1v) is 14.8. The molecule has 0 unspecified atom stereocenters. The van der Waals surface area contributed by atoms with E-state index in [0.29, 0.717) is 33.9 Å². The summed E-state index contributed by atoms with van der Waals surface area (Å²) in [5, 5.41) is 3.74. The number of hydrogen-bond donors (Lipinski definition) is 1. The van der Waals surface area contributed by atoms with Crippen molar-refractivity contribution in [3.05, 3.63) is 51.9 Å². The molecular formula is C30H45Cl2NO3. The summed E-state index contributed by atoms with van der Waals surface area (Å²) in [5.74, 6) is 1.14. The lowest BCUT2D eigenvalue weighted by Gasteiger charge is -2.07. The Balaban J connectivity index is 1.41. The van der Waals surface area contributed by atoms with Crippen molar-refractivity contribution in [2.24, 2.45) is 0 Å². The monoisotopic (exact) mass is 537 g/mol. The molecule has 1 N–H and O–H groups in total. The van der Waals surface area contributed by atoms with Crippen molar-refractivity contribution in [3.8, 4) is 5.75 Å². The van der Waals surface area contributed by atoms with Gasteiger partial charge in [-0.05, 0) is 30.7 Å². The predicted molar refractivity (Wildman–Crippen MR) is 151 cm³/mol. The van der Waals surface area contributed by atoms with Gasteiger partial charge in [-0.25, -0.2) is 0 Å². The number of unbranched alkanes of at least 4 members (excludes halogenated alkanes) is 15. The second-order valence-electron chi connectivity index (χ2n) is 9.67. The number of halogens is 2. The van der Waals surface area contributed by atoms with E-state index < -0.39 is 0 Å². The number of rotatable bonds is 21. The summed E-state index contributed by atoms with van der Waals surface area (Å²) in [7, 11) is 0. The third-order valence-electron chi connectivity index (χ3n) is 6.49. The zero-order valence-electron chi connectivity index (χ0n) is 22.1. The lowest BCUT2D eigenvalue weighted by Crippen LogP contribution is -2.23. The zero-order chi connectivity index (χ0) is 25.8. The van der Waals surface area contributed by atoms with Gasteiger partial charge in [-0.15, -0.1) is 0 Å². The number of benzene rings is 1. The summed E-state index contributed by atoms with van der Waals surface area (Å²) in [6, 6.07) is 8.61. The number of carbonyl (C=O) groups excluding carboxylic acids is 1. The molecule has 6 heteroatoms. The fourth-order valence-electron chi connectivity index (χ4n) is 4.28. The summed E-state index contributed by atoms with van der Waals surface area (Å²) in [5.41, 5.74) is 0. The molecule has 2 aromatic rings. The van der Waals surface area contributed by atoms with Gasteiger partial charge in [-0.3, -0.25) is 4.79 Å². The van der Waals surface area contributed by atoms with Crippen LogP contribution in [0, 0.1) is 0 Å². The van der Waals surface area contributed by atoms with Crippen LogP contribution in [0.25, 0.3) is 0 Å². The molecule has 1 aromatic heterocycles. The molecule has 0 aliphatic carbocycles. The highest BCUT2D eigenvalue weighted by molar-refractivity contribution is 6.42. The standard InChI is InChI=1S/C30H45Cl2NO3/c1-2-3-4-5-6-7-8-9-10-11-12-13-14-15-16-17-23-33-30(34)28-22-21-25(36-28)24-35-27-20-18-19-26(31)29(27)32/h18-22H,2-17,23-24H2,1H3,(H,33,34). The quantitative estimate of drug-likeness (QED) is 0.161. The van der Waals surface area contributed by atoms with Crippen molar-refractivity contribution in [2.45, 2.75) is 116 Å². The van der Waals surface area contributed by atoms with Gasteiger partial charge in [0.1, 0.15) is 23.1 Å². The Morgan fingerprint density at radius 1 is 0.778 bits per heavy atom. The van der Waals surface area contributed by atoms with E-state index in [0.717, 1.165) is 12.8 Å². The Bertz CT molecular complexity index is 852. The molecule has 0 saturated carbocycles. The first-order valence-electron chi connectivity index (χ1n) is 14.1. The van der Waals surface area contributed by atoms with Gasteiger partial charge in [0, 0.05) is 6.54 Å². The van der Waals surface area contributed by atoms with E-state index in [9.17, 15) is 4.79 Å². The first kappa shape index (κ1) is 30.6. The number of ether oxygens (including phenoxy) is 1. The SMILES string of the molecule is CCCCCCCCCCCCCCCCCCNC(=O)c1ccc(COc2cccc(Cl)c2Cl)o1. The summed E-state index contributed by atoms with van der Waals surface area (Å²) in [6.45, 7) is 3.12. The average molecular weight is 539 g/mol. The molecule has 1 aromatic carbocycles. The highest BCUT2D eigenvalue weighted by Gasteiger charge is 2.12. The van der Waals surface area contributed by atoms with Crippen LogP contribution in [0.3, 0.4) is 0 Å². The van der Waals surface area contributed by atoms with Crippen LogP contribution in [0.1, 0.15) is 126 Å². The number of carbonyl (C=O) groups is 1. The largest absolute Gasteiger partial charge is 0.484 e. The fraction of sp³-hybridized carbons (Fsp3) is 0.633. The molecule has 1 heterocycles. The van der Waals surface area contributed by atoms with Crippen molar-refractivity contribution < 1.29 is 13.9 Å². The maximum Gasteiger partial charge on any atom is 0.286 e. The zero-order valence-corrected chi connectivity index (χ0v) is 23.6. The lowest BCUT2D eigenvalue weighted by atomic mass is 10.0. The topological polar surface area (TPSA) is 51.5 Å². The summed E-state index contributed by atoms with van der Waals surface area (Å²) < 4.78 is 11.3. The van der Waals surface area contributed by atoms with Gasteiger partial charge in [0.05, 0.1) is 5.02 Å². The Morgan fingerprint density at radius 2 is 1.33 bits per heavy atom. The van der Waals surface area contributed by atoms with Crippen LogP contribution in [-0.2, 0) is 6.61 Å². The van der Waals surface area contributed by atoms with Gasteiger partial charge in [0.2, 0.25) is 0 Å². The molecule has 36 heavy (non-hydrogen) atoms. The summed E-state index contributed by atoms with van der Waals surface area (Å²) in [4.78, 5) is 12.3. The van der Waals surface area contributed by atoms with Crippen LogP contribution in [0.5, 0.6) is 5.75 Å². The van der Waals surface area contributed by atoms with E-state index in [1.165, 1.54) is 89.9 Å². The molecule has 0 fully saturated rings. The molecule has 1 amide bonds. The van der Waals surface area contributed by atoms with Crippen LogP contribution < -0.4 is 10.1 Å². The normalized spacial score (nSPS) is 11.1. The van der Waals surface area contributed by atoms with Crippen molar-refractivity contribution in [3.63, 3.8) is 0 Å². The maximum atomic E-state index is 12.3. The minimum absolute atomic E-state index is 0.173. The third kappa shape index (κ3) is 13.1. The van der Waals surface area contributed by atoms with Crippen LogP contribution in [0.15, 0.2) is 34.7 Å². The van der Waals surface area contributed by atoms with Crippen LogP contribution in [-0.4, -0.2) is 12.5 Å². The molecule has 0 radical (unpaired) electrons. The third-order valence-corrected chi connectivity index (χ3v) is 7.29. The molecule has 0 spiro atoms. The van der Waals surface area contributed by atoms with E-state index in [1.807, 2.05) is 0 Å². The Kier molecular flexibility index (Phi) is 16.5. The number of nitrogens with one attached hydrogen (secondary N) is 1. The molecule has 4 nitrogen and oxygen atoms in total. The number of hydrogen-bond acceptors (Lipinski definition) is 3. The van der Waals surface area contributed by atoms with E-state index in [1.54, 1.807) is 30.3 Å². The molecule has 0 saturated heterocycles. The summed E-state index contributed by atoms with van der Waals surface area (Å²) in [6.07, 6.45) is 21.4. The van der Waals surface area contributed by atoms with Crippen molar-refractivity contribution in [1.29, 1.82) is 0 Å². The van der Waals surface area contributed by atoms with Gasteiger partial charge in [-0.1, -0.05) is 133 Å². The number of furan rings is 1. The van der Waals surface area contributed by atoms with Gasteiger partial charge < -0.3 is 14.5 Å². The van der Waals surface area contributed by atoms with Crippen molar-refractivity contribution in [2.75, 3.05) is 6.54 Å². The second kappa shape index (κ2) is 19.5. The lowest BCUT2D eigenvalue weighted by molar-refractivity contribution is 0.0921. The van der Waals surface area contributed by atoms with Gasteiger partial charge in [-0.2, -0.15) is 0 Å². The first-order chi connectivity index (χ1) is 17.6. The van der Waals surface area contributed by atoms with Crippen molar-refractivity contribution in [1.82, 2.24) is 5.32 Å². The maximum absolute atomic E-state index is 12.3. The highest BCUT2D eigenvalue weighted by Crippen LogP contribution is 2.32. The molecule has 202 valence electrons. The van der Waals surface area contributed by atoms with E-state index in [-0.39, 0.29) is 12.5 Å². The fourth-order valence-corrected chi connectivity index (χ4v) is 4.63. The molecule has 0 atom stereocenters. The summed E-state index contributed by atoms with van der Waals surface area (Å²) >= 11 is 12.1. The molecule has 0 aliphatic heterocycles. The minimum Gasteiger partial charge on any atom is -0.484 e. The van der Waals surface area contributed by atoms with Crippen LogP contribution in [0.4, 0.5) is 0 Å². The van der Waals surface area contributed by atoms with E-state index in [4.69, 9.17) is 32.4 Å². The van der Waals surface area contributed by atoms with Crippen molar-refractivity contribution >= 4 is 29.1 Å². The predicted octanol–water partition coefficient (Wildman–Crippen LogP) is 10.2. The van der Waals surface area contributed by atoms with Gasteiger partial charge in [0.25, 0.3) is 5.91 Å². The molecule has 2 rings (SSSR count). The van der Waals surface area contributed by atoms with Gasteiger partial charge in [0.15, 0.2) is 5.76 Å². The van der Waals surface area contributed by atoms with E-state index >= 15 is 0 Å². The molecular weight excluding hydrogens is 493 g/mol. The molecule has 0 aliphatic rings. The second-order valence-corrected chi connectivity index (χ2v) is 10.5. The number of amides is 1. The average Bonchev–Trinajstić information content (AvgIpc) is 3.36. The minimum atomic E-state index is -0.192. The highest BCUT2D eigenvalue weighted by atomic mass is 35.5. The van der Waals surface area contributed by atoms with Crippen LogP contribution >= 0.6 is 23.2 Å². The molecule has 0 bridgehead atoms.